The zero-order chi connectivity index (χ0) is 25.1. The topological polar surface area (TPSA) is 90.9 Å². The molecule has 0 radical (unpaired) electrons. The van der Waals surface area contributed by atoms with Crippen molar-refractivity contribution in [2.24, 2.45) is 5.92 Å². The number of rotatable bonds is 8. The van der Waals surface area contributed by atoms with Gasteiger partial charge in [-0.2, -0.15) is 0 Å². The van der Waals surface area contributed by atoms with Gasteiger partial charge < -0.3 is 9.88 Å². The van der Waals surface area contributed by atoms with E-state index in [2.05, 4.69) is 24.1 Å². The van der Waals surface area contributed by atoms with Crippen molar-refractivity contribution in [3.05, 3.63) is 91.8 Å². The van der Waals surface area contributed by atoms with Crippen LogP contribution in [0.5, 0.6) is 0 Å². The van der Waals surface area contributed by atoms with Crippen LogP contribution in [0.15, 0.2) is 64.4 Å². The SMILES string of the molecule is Cc1c(Cl)cccc1NC(=O)Cn1c(=O)c2c(ncn2CCC(C)C)n(Cc2ccccc2)c1=O. The molecule has 0 spiro atoms. The number of anilines is 1. The molecule has 4 rings (SSSR count). The van der Waals surface area contributed by atoms with E-state index in [1.54, 1.807) is 36.0 Å². The highest BCUT2D eigenvalue weighted by molar-refractivity contribution is 6.31. The van der Waals surface area contributed by atoms with Gasteiger partial charge in [0.05, 0.1) is 12.9 Å². The molecule has 2 aromatic carbocycles. The minimum Gasteiger partial charge on any atom is -0.325 e. The molecule has 8 nitrogen and oxygen atoms in total. The van der Waals surface area contributed by atoms with Gasteiger partial charge in [-0.05, 0) is 42.5 Å². The largest absolute Gasteiger partial charge is 0.333 e. The van der Waals surface area contributed by atoms with Crippen LogP contribution in [0.25, 0.3) is 11.2 Å². The molecule has 0 saturated heterocycles. The van der Waals surface area contributed by atoms with Gasteiger partial charge in [0.25, 0.3) is 5.56 Å². The summed E-state index contributed by atoms with van der Waals surface area (Å²) in [5.74, 6) is -0.0648. The van der Waals surface area contributed by atoms with Crippen LogP contribution in [-0.4, -0.2) is 24.6 Å². The first-order chi connectivity index (χ1) is 16.8. The second-order valence-electron chi connectivity index (χ2n) is 9.00. The standard InChI is InChI=1S/C26H28ClN5O3/c1-17(2)12-13-30-16-28-24-23(30)25(34)32(26(35)31(24)14-19-8-5-4-6-9-19)15-22(33)29-21-11-7-10-20(27)18(21)3/h4-11,16-17H,12-15H2,1-3H3,(H,29,33). The van der Waals surface area contributed by atoms with Crippen molar-refractivity contribution in [1.82, 2.24) is 18.7 Å². The number of nitrogens with one attached hydrogen (secondary N) is 1. The van der Waals surface area contributed by atoms with Crippen molar-refractivity contribution in [1.29, 1.82) is 0 Å². The number of imidazole rings is 1. The highest BCUT2D eigenvalue weighted by atomic mass is 35.5. The maximum Gasteiger partial charge on any atom is 0.333 e. The van der Waals surface area contributed by atoms with Gasteiger partial charge in [0.15, 0.2) is 11.2 Å². The van der Waals surface area contributed by atoms with Gasteiger partial charge in [0, 0.05) is 17.3 Å². The summed E-state index contributed by atoms with van der Waals surface area (Å²) in [6, 6.07) is 14.6. The monoisotopic (exact) mass is 493 g/mol. The Morgan fingerprint density at radius 3 is 2.51 bits per heavy atom. The van der Waals surface area contributed by atoms with Crippen LogP contribution in [0, 0.1) is 12.8 Å². The molecule has 0 bridgehead atoms. The molecule has 35 heavy (non-hydrogen) atoms. The van der Waals surface area contributed by atoms with E-state index in [1.807, 2.05) is 30.3 Å². The third-order valence-electron chi connectivity index (χ3n) is 5.96. The first kappa shape index (κ1) is 24.5. The predicted octanol–water partition coefficient (Wildman–Crippen LogP) is 4.05. The summed E-state index contributed by atoms with van der Waals surface area (Å²) in [6.07, 6.45) is 2.44. The molecule has 4 aromatic rings. The van der Waals surface area contributed by atoms with E-state index < -0.39 is 23.7 Å². The molecule has 182 valence electrons. The zero-order valence-electron chi connectivity index (χ0n) is 20.0. The molecule has 0 fully saturated rings. The number of hydrogen-bond acceptors (Lipinski definition) is 4. The molecule has 1 N–H and O–H groups in total. The normalized spacial score (nSPS) is 11.3. The second-order valence-corrected chi connectivity index (χ2v) is 9.41. The van der Waals surface area contributed by atoms with Crippen LogP contribution >= 0.6 is 11.6 Å². The van der Waals surface area contributed by atoms with E-state index in [9.17, 15) is 14.4 Å². The highest BCUT2D eigenvalue weighted by Gasteiger charge is 2.20. The molecular weight excluding hydrogens is 466 g/mol. The van der Waals surface area contributed by atoms with Crippen LogP contribution in [-0.2, 0) is 24.4 Å². The number of carbonyl (C=O) groups excluding carboxylic acids is 1. The number of aryl methyl sites for hydroxylation is 1. The van der Waals surface area contributed by atoms with Crippen LogP contribution < -0.4 is 16.6 Å². The number of halogens is 1. The van der Waals surface area contributed by atoms with Gasteiger partial charge in [0.2, 0.25) is 5.91 Å². The smallest absolute Gasteiger partial charge is 0.325 e. The molecule has 0 saturated carbocycles. The molecule has 2 heterocycles. The Bertz CT molecular complexity index is 1480. The third kappa shape index (κ3) is 5.22. The lowest BCUT2D eigenvalue weighted by atomic mass is 10.1. The summed E-state index contributed by atoms with van der Waals surface area (Å²) in [6.45, 7) is 6.38. The van der Waals surface area contributed by atoms with Gasteiger partial charge in [-0.15, -0.1) is 0 Å². The number of carbonyl (C=O) groups is 1. The lowest BCUT2D eigenvalue weighted by molar-refractivity contribution is -0.116. The lowest BCUT2D eigenvalue weighted by Gasteiger charge is -2.14. The molecule has 0 unspecified atom stereocenters. The number of hydrogen-bond donors (Lipinski definition) is 1. The number of aromatic nitrogens is 4. The molecule has 0 aliphatic rings. The molecule has 0 aliphatic heterocycles. The minimum absolute atomic E-state index is 0.229. The Hall–Kier alpha value is -3.65. The van der Waals surface area contributed by atoms with Gasteiger partial charge in [-0.3, -0.25) is 14.2 Å². The quantitative estimate of drug-likeness (QED) is 0.401. The van der Waals surface area contributed by atoms with Crippen molar-refractivity contribution in [2.45, 2.75) is 46.8 Å². The predicted molar refractivity (Wildman–Crippen MR) is 138 cm³/mol. The average Bonchev–Trinajstić information content (AvgIpc) is 3.26. The lowest BCUT2D eigenvalue weighted by Crippen LogP contribution is -2.43. The van der Waals surface area contributed by atoms with E-state index in [0.29, 0.717) is 39.9 Å². The summed E-state index contributed by atoms with van der Waals surface area (Å²) in [5, 5.41) is 3.28. The van der Waals surface area contributed by atoms with Crippen molar-refractivity contribution in [2.75, 3.05) is 5.32 Å². The summed E-state index contributed by atoms with van der Waals surface area (Å²) in [4.78, 5) is 44.3. The summed E-state index contributed by atoms with van der Waals surface area (Å²) >= 11 is 6.16. The first-order valence-electron chi connectivity index (χ1n) is 11.5. The minimum atomic E-state index is -0.585. The zero-order valence-corrected chi connectivity index (χ0v) is 20.7. The van der Waals surface area contributed by atoms with Crippen molar-refractivity contribution < 1.29 is 4.79 Å². The first-order valence-corrected chi connectivity index (χ1v) is 11.9. The Morgan fingerprint density at radius 1 is 1.06 bits per heavy atom. The maximum atomic E-state index is 13.5. The fraction of sp³-hybridized carbons (Fsp3) is 0.308. The number of fused-ring (bicyclic) bond motifs is 1. The fourth-order valence-electron chi connectivity index (χ4n) is 3.93. The van der Waals surface area contributed by atoms with Crippen LogP contribution in [0.4, 0.5) is 5.69 Å². The summed E-state index contributed by atoms with van der Waals surface area (Å²) < 4.78 is 4.21. The second kappa shape index (κ2) is 10.3. The van der Waals surface area contributed by atoms with E-state index >= 15 is 0 Å². The molecule has 9 heteroatoms. The van der Waals surface area contributed by atoms with E-state index in [4.69, 9.17) is 11.6 Å². The third-order valence-corrected chi connectivity index (χ3v) is 6.37. The number of nitrogens with zero attached hydrogens (tertiary/aromatic N) is 4. The number of amides is 1. The van der Waals surface area contributed by atoms with Gasteiger partial charge in [-0.25, -0.2) is 14.3 Å². The van der Waals surface area contributed by atoms with Crippen LogP contribution in [0.2, 0.25) is 5.02 Å². The molecule has 0 aliphatic carbocycles. The summed E-state index contributed by atoms with van der Waals surface area (Å²) in [5.41, 5.74) is 1.63. The average molecular weight is 494 g/mol. The van der Waals surface area contributed by atoms with Gasteiger partial charge >= 0.3 is 5.69 Å². The van der Waals surface area contributed by atoms with Crippen LogP contribution in [0.3, 0.4) is 0 Å². The fourth-order valence-corrected chi connectivity index (χ4v) is 4.10. The highest BCUT2D eigenvalue weighted by Crippen LogP contribution is 2.22. The molecule has 2 aromatic heterocycles. The Balaban J connectivity index is 1.78. The van der Waals surface area contributed by atoms with Gasteiger partial charge in [0.1, 0.15) is 6.54 Å². The number of benzene rings is 2. The van der Waals surface area contributed by atoms with Gasteiger partial charge in [-0.1, -0.05) is 61.8 Å². The molecule has 1 amide bonds. The van der Waals surface area contributed by atoms with Crippen molar-refractivity contribution in [3.8, 4) is 0 Å². The Morgan fingerprint density at radius 2 is 1.80 bits per heavy atom. The summed E-state index contributed by atoms with van der Waals surface area (Å²) in [7, 11) is 0. The maximum absolute atomic E-state index is 13.5. The van der Waals surface area contributed by atoms with E-state index in [-0.39, 0.29) is 6.54 Å². The van der Waals surface area contributed by atoms with E-state index in [0.717, 1.165) is 16.6 Å². The van der Waals surface area contributed by atoms with Crippen molar-refractivity contribution >= 4 is 34.4 Å². The Labute approximate surface area is 207 Å². The van der Waals surface area contributed by atoms with E-state index in [1.165, 1.54) is 4.57 Å². The molecular formula is C26H28ClN5O3. The van der Waals surface area contributed by atoms with Crippen molar-refractivity contribution in [3.63, 3.8) is 0 Å². The van der Waals surface area contributed by atoms with Crippen LogP contribution in [0.1, 0.15) is 31.4 Å². The molecule has 0 atom stereocenters. The Kier molecular flexibility index (Phi) is 7.21.